The first-order valence-electron chi connectivity index (χ1n) is 13.5. The molecule has 5 rings (SSSR count). The second-order valence-electron chi connectivity index (χ2n) is 10.4. The van der Waals surface area contributed by atoms with E-state index in [1.54, 1.807) is 0 Å². The SMILES string of the molecule is O=C(NC1CCCCCC1)c1ccc2[nH]c(-c3ccc(NC(=O)C4CCCCCC4)cc3)cc2c1. The predicted molar refractivity (Wildman–Crippen MR) is 143 cm³/mol. The van der Waals surface area contributed by atoms with Crippen LogP contribution in [-0.4, -0.2) is 22.8 Å². The monoisotopic (exact) mass is 471 g/mol. The maximum Gasteiger partial charge on any atom is 0.251 e. The van der Waals surface area contributed by atoms with E-state index in [2.05, 4.69) is 21.7 Å². The van der Waals surface area contributed by atoms with Gasteiger partial charge in [-0.25, -0.2) is 0 Å². The fraction of sp³-hybridized carbons (Fsp3) is 0.467. The second kappa shape index (κ2) is 11.1. The molecule has 3 N–H and O–H groups in total. The standard InChI is InChI=1S/C30H37N3O2/c34-29(22-9-5-1-2-6-10-22)32-26-16-13-21(14-17-26)28-20-24-19-23(15-18-27(24)33-28)30(35)31-25-11-7-3-4-8-12-25/h13-20,22,25,33H,1-12H2,(H,31,35)(H,32,34). The number of carbonyl (C=O) groups is 2. The molecule has 35 heavy (non-hydrogen) atoms. The number of hydrogen-bond acceptors (Lipinski definition) is 2. The number of fused-ring (bicyclic) bond motifs is 1. The molecule has 5 heteroatoms. The number of H-pyrrole nitrogens is 1. The Balaban J connectivity index is 1.25. The van der Waals surface area contributed by atoms with Crippen LogP contribution in [0.1, 0.15) is 87.4 Å². The zero-order chi connectivity index (χ0) is 24.0. The lowest BCUT2D eigenvalue weighted by molar-refractivity contribution is -0.120. The number of rotatable bonds is 5. The summed E-state index contributed by atoms with van der Waals surface area (Å²) in [4.78, 5) is 29.0. The van der Waals surface area contributed by atoms with E-state index < -0.39 is 0 Å². The van der Waals surface area contributed by atoms with Gasteiger partial charge in [0.15, 0.2) is 0 Å². The largest absolute Gasteiger partial charge is 0.355 e. The Hall–Kier alpha value is -3.08. The van der Waals surface area contributed by atoms with Gasteiger partial charge < -0.3 is 15.6 Å². The molecule has 0 bridgehead atoms. The van der Waals surface area contributed by atoms with Crippen molar-refractivity contribution < 1.29 is 9.59 Å². The topological polar surface area (TPSA) is 74.0 Å². The first-order chi connectivity index (χ1) is 17.2. The first-order valence-corrected chi connectivity index (χ1v) is 13.5. The fourth-order valence-corrected chi connectivity index (χ4v) is 5.64. The van der Waals surface area contributed by atoms with E-state index in [9.17, 15) is 9.59 Å². The molecule has 2 fully saturated rings. The molecule has 0 atom stereocenters. The molecule has 2 aliphatic carbocycles. The number of aromatic nitrogens is 1. The van der Waals surface area contributed by atoms with Gasteiger partial charge in [-0.1, -0.05) is 63.5 Å². The van der Waals surface area contributed by atoms with Gasteiger partial charge in [0.2, 0.25) is 5.91 Å². The van der Waals surface area contributed by atoms with Crippen molar-refractivity contribution in [1.82, 2.24) is 10.3 Å². The highest BCUT2D eigenvalue weighted by molar-refractivity contribution is 5.99. The number of aromatic amines is 1. The van der Waals surface area contributed by atoms with Gasteiger partial charge in [-0.3, -0.25) is 9.59 Å². The van der Waals surface area contributed by atoms with Crippen molar-refractivity contribution in [3.63, 3.8) is 0 Å². The zero-order valence-electron chi connectivity index (χ0n) is 20.6. The van der Waals surface area contributed by atoms with Gasteiger partial charge in [0.1, 0.15) is 0 Å². The number of benzene rings is 2. The molecule has 5 nitrogen and oxygen atoms in total. The summed E-state index contributed by atoms with van der Waals surface area (Å²) in [5.74, 6) is 0.315. The number of nitrogens with one attached hydrogen (secondary N) is 3. The Morgan fingerprint density at radius 2 is 1.40 bits per heavy atom. The molecule has 1 aromatic heterocycles. The third-order valence-corrected chi connectivity index (χ3v) is 7.76. The maximum absolute atomic E-state index is 12.8. The summed E-state index contributed by atoms with van der Waals surface area (Å²) < 4.78 is 0. The van der Waals surface area contributed by atoms with Crippen LogP contribution in [0.4, 0.5) is 5.69 Å². The summed E-state index contributed by atoms with van der Waals surface area (Å²) in [5.41, 5.74) is 4.62. The predicted octanol–water partition coefficient (Wildman–Crippen LogP) is 7.20. The van der Waals surface area contributed by atoms with Crippen molar-refractivity contribution in [2.45, 2.75) is 83.1 Å². The van der Waals surface area contributed by atoms with E-state index in [-0.39, 0.29) is 17.7 Å². The minimum absolute atomic E-state index is 0.0234. The Morgan fingerprint density at radius 1 is 0.743 bits per heavy atom. The quantitative estimate of drug-likeness (QED) is 0.344. The third kappa shape index (κ3) is 5.95. The molecule has 0 unspecified atom stereocenters. The highest BCUT2D eigenvalue weighted by Crippen LogP contribution is 2.28. The van der Waals surface area contributed by atoms with Gasteiger partial charge in [0.05, 0.1) is 0 Å². The lowest BCUT2D eigenvalue weighted by Crippen LogP contribution is -2.34. The van der Waals surface area contributed by atoms with Gasteiger partial charge in [0.25, 0.3) is 5.91 Å². The van der Waals surface area contributed by atoms with Gasteiger partial charge >= 0.3 is 0 Å². The van der Waals surface area contributed by atoms with Crippen LogP contribution in [-0.2, 0) is 4.79 Å². The van der Waals surface area contributed by atoms with Crippen LogP contribution >= 0.6 is 0 Å². The van der Waals surface area contributed by atoms with E-state index in [4.69, 9.17) is 0 Å². The molecular formula is C30H37N3O2. The van der Waals surface area contributed by atoms with Crippen LogP contribution in [0.15, 0.2) is 48.5 Å². The van der Waals surface area contributed by atoms with Crippen LogP contribution in [0.25, 0.3) is 22.2 Å². The van der Waals surface area contributed by atoms with Crippen molar-refractivity contribution in [3.05, 3.63) is 54.1 Å². The number of carbonyl (C=O) groups excluding carboxylic acids is 2. The van der Waals surface area contributed by atoms with E-state index in [1.807, 2.05) is 42.5 Å². The van der Waals surface area contributed by atoms with Gasteiger partial charge in [-0.05, 0) is 67.6 Å². The minimum Gasteiger partial charge on any atom is -0.355 e. The number of hydrogen-bond donors (Lipinski definition) is 3. The molecule has 2 aliphatic rings. The minimum atomic E-state index is 0.0234. The molecule has 0 aliphatic heterocycles. The van der Waals surface area contributed by atoms with Crippen molar-refractivity contribution >= 4 is 28.4 Å². The molecule has 0 spiro atoms. The molecule has 2 saturated carbocycles. The van der Waals surface area contributed by atoms with E-state index in [1.165, 1.54) is 38.5 Å². The van der Waals surface area contributed by atoms with Crippen molar-refractivity contribution in [1.29, 1.82) is 0 Å². The molecule has 0 saturated heterocycles. The summed E-state index contributed by atoms with van der Waals surface area (Å²) in [6, 6.07) is 16.3. The van der Waals surface area contributed by atoms with Crippen LogP contribution in [0.5, 0.6) is 0 Å². The smallest absolute Gasteiger partial charge is 0.251 e. The fourth-order valence-electron chi connectivity index (χ4n) is 5.64. The van der Waals surface area contributed by atoms with Crippen LogP contribution in [0, 0.1) is 5.92 Å². The number of anilines is 1. The van der Waals surface area contributed by atoms with Gasteiger partial charge in [0, 0.05) is 39.8 Å². The summed E-state index contributed by atoms with van der Waals surface area (Å²) >= 11 is 0. The normalized spacial score (nSPS) is 18.1. The third-order valence-electron chi connectivity index (χ3n) is 7.76. The Labute approximate surface area is 208 Å². The highest BCUT2D eigenvalue weighted by atomic mass is 16.2. The van der Waals surface area contributed by atoms with E-state index in [0.717, 1.165) is 66.4 Å². The van der Waals surface area contributed by atoms with Crippen molar-refractivity contribution in [3.8, 4) is 11.3 Å². The van der Waals surface area contributed by atoms with Gasteiger partial charge in [-0.15, -0.1) is 0 Å². The maximum atomic E-state index is 12.8. The molecule has 2 amide bonds. The summed E-state index contributed by atoms with van der Waals surface area (Å²) in [6.07, 6.45) is 13.9. The van der Waals surface area contributed by atoms with Gasteiger partial charge in [-0.2, -0.15) is 0 Å². The summed E-state index contributed by atoms with van der Waals surface area (Å²) in [5, 5.41) is 7.38. The molecule has 2 aromatic carbocycles. The Kier molecular flexibility index (Phi) is 7.51. The average molecular weight is 472 g/mol. The van der Waals surface area contributed by atoms with Crippen molar-refractivity contribution in [2.75, 3.05) is 5.32 Å². The van der Waals surface area contributed by atoms with Crippen molar-refractivity contribution in [2.24, 2.45) is 5.92 Å². The van der Waals surface area contributed by atoms with E-state index in [0.29, 0.717) is 11.6 Å². The Bertz CT molecular complexity index is 1150. The zero-order valence-corrected chi connectivity index (χ0v) is 20.6. The number of amides is 2. The van der Waals surface area contributed by atoms with Crippen LogP contribution in [0.2, 0.25) is 0 Å². The van der Waals surface area contributed by atoms with Crippen LogP contribution in [0.3, 0.4) is 0 Å². The van der Waals surface area contributed by atoms with Crippen LogP contribution < -0.4 is 10.6 Å². The summed E-state index contributed by atoms with van der Waals surface area (Å²) in [6.45, 7) is 0. The molecule has 184 valence electrons. The Morgan fingerprint density at radius 3 is 2.09 bits per heavy atom. The lowest BCUT2D eigenvalue weighted by atomic mass is 9.99. The second-order valence-corrected chi connectivity index (χ2v) is 10.4. The van der Waals surface area contributed by atoms with E-state index >= 15 is 0 Å². The first kappa shape index (κ1) is 23.7. The summed E-state index contributed by atoms with van der Waals surface area (Å²) in [7, 11) is 0. The highest BCUT2D eigenvalue weighted by Gasteiger charge is 2.20. The molecule has 3 aromatic rings. The molecule has 1 heterocycles. The average Bonchev–Trinajstić information content (AvgIpc) is 3.03. The lowest BCUT2D eigenvalue weighted by Gasteiger charge is -2.16. The molecular weight excluding hydrogens is 434 g/mol. The molecule has 0 radical (unpaired) electrons.